The van der Waals surface area contributed by atoms with Crippen molar-refractivity contribution in [1.82, 2.24) is 15.2 Å². The summed E-state index contributed by atoms with van der Waals surface area (Å²) in [6.45, 7) is 1.96. The van der Waals surface area contributed by atoms with Crippen LogP contribution >= 0.6 is 0 Å². The summed E-state index contributed by atoms with van der Waals surface area (Å²) < 4.78 is 0. The zero-order valence-corrected chi connectivity index (χ0v) is 9.31. The Morgan fingerprint density at radius 1 is 1.62 bits per heavy atom. The molecule has 0 saturated carbocycles. The second kappa shape index (κ2) is 4.94. The van der Waals surface area contributed by atoms with E-state index in [9.17, 15) is 4.79 Å². The first kappa shape index (κ1) is 10.9. The van der Waals surface area contributed by atoms with Gasteiger partial charge >= 0.3 is 6.03 Å². The van der Waals surface area contributed by atoms with Gasteiger partial charge in [0.15, 0.2) is 0 Å². The van der Waals surface area contributed by atoms with E-state index in [0.29, 0.717) is 5.69 Å². The molecule has 1 aliphatic heterocycles. The Labute approximate surface area is 94.9 Å². The molecular formula is C11H16N4O. The maximum atomic E-state index is 11.6. The molecule has 2 N–H and O–H groups in total. The van der Waals surface area contributed by atoms with Crippen molar-refractivity contribution in [1.29, 1.82) is 0 Å². The lowest BCUT2D eigenvalue weighted by Gasteiger charge is -2.13. The summed E-state index contributed by atoms with van der Waals surface area (Å²) in [6.07, 6.45) is 4.31. The van der Waals surface area contributed by atoms with Gasteiger partial charge in [-0.05, 0) is 32.1 Å². The smallest absolute Gasteiger partial charge is 0.319 e. The standard InChI is InChI=1S/C11H16N4O/c1-15-6-4-10(8-15)14-11(16)13-9-3-2-5-12-7-9/h2-3,5,7,10H,4,6,8H2,1H3,(H2,13,14,16). The van der Waals surface area contributed by atoms with Gasteiger partial charge < -0.3 is 15.5 Å². The van der Waals surface area contributed by atoms with Gasteiger partial charge in [0.25, 0.3) is 0 Å². The molecule has 1 saturated heterocycles. The number of carbonyl (C=O) groups is 1. The van der Waals surface area contributed by atoms with E-state index in [0.717, 1.165) is 19.5 Å². The van der Waals surface area contributed by atoms with E-state index < -0.39 is 0 Å². The van der Waals surface area contributed by atoms with E-state index in [2.05, 4.69) is 27.6 Å². The number of aromatic nitrogens is 1. The minimum Gasteiger partial charge on any atom is -0.334 e. The molecule has 0 aromatic carbocycles. The Hall–Kier alpha value is -1.62. The molecule has 2 rings (SSSR count). The molecule has 86 valence electrons. The van der Waals surface area contributed by atoms with Gasteiger partial charge in [-0.2, -0.15) is 0 Å². The molecule has 1 unspecified atom stereocenters. The number of carbonyl (C=O) groups excluding carboxylic acids is 1. The number of hydrogen-bond donors (Lipinski definition) is 2. The zero-order valence-electron chi connectivity index (χ0n) is 9.31. The number of nitrogens with one attached hydrogen (secondary N) is 2. The molecule has 0 radical (unpaired) electrons. The minimum atomic E-state index is -0.159. The van der Waals surface area contributed by atoms with Crippen molar-refractivity contribution in [3.63, 3.8) is 0 Å². The number of urea groups is 1. The van der Waals surface area contributed by atoms with E-state index in [-0.39, 0.29) is 12.1 Å². The fourth-order valence-corrected chi connectivity index (χ4v) is 1.84. The lowest BCUT2D eigenvalue weighted by Crippen LogP contribution is -2.39. The maximum Gasteiger partial charge on any atom is 0.319 e. The predicted octanol–water partition coefficient (Wildman–Crippen LogP) is 0.907. The summed E-state index contributed by atoms with van der Waals surface area (Å²) in [5.41, 5.74) is 0.714. The number of hydrogen-bond acceptors (Lipinski definition) is 3. The highest BCUT2D eigenvalue weighted by Gasteiger charge is 2.20. The molecule has 5 nitrogen and oxygen atoms in total. The third-order valence-corrected chi connectivity index (χ3v) is 2.65. The molecular weight excluding hydrogens is 204 g/mol. The number of likely N-dealkylation sites (tertiary alicyclic amines) is 1. The van der Waals surface area contributed by atoms with Crippen LogP contribution in [0.15, 0.2) is 24.5 Å². The second-order valence-corrected chi connectivity index (χ2v) is 4.09. The van der Waals surface area contributed by atoms with Gasteiger partial charge in [-0.15, -0.1) is 0 Å². The third kappa shape index (κ3) is 2.93. The minimum absolute atomic E-state index is 0.159. The molecule has 16 heavy (non-hydrogen) atoms. The van der Waals surface area contributed by atoms with Crippen LogP contribution in [0.2, 0.25) is 0 Å². The summed E-state index contributed by atoms with van der Waals surface area (Å²) >= 11 is 0. The molecule has 5 heteroatoms. The van der Waals surface area contributed by atoms with Crippen LogP contribution in [0.5, 0.6) is 0 Å². The topological polar surface area (TPSA) is 57.3 Å². The fourth-order valence-electron chi connectivity index (χ4n) is 1.84. The van der Waals surface area contributed by atoms with Crippen molar-refractivity contribution >= 4 is 11.7 Å². The Balaban J connectivity index is 1.81. The van der Waals surface area contributed by atoms with Crippen LogP contribution in [0.3, 0.4) is 0 Å². The Kier molecular flexibility index (Phi) is 3.36. The highest BCUT2D eigenvalue weighted by atomic mass is 16.2. The molecule has 1 aliphatic rings. The second-order valence-electron chi connectivity index (χ2n) is 4.09. The van der Waals surface area contributed by atoms with Crippen molar-refractivity contribution < 1.29 is 4.79 Å². The average molecular weight is 220 g/mol. The van der Waals surface area contributed by atoms with E-state index in [1.165, 1.54) is 0 Å². The molecule has 1 aromatic heterocycles. The molecule has 1 fully saturated rings. The first-order valence-electron chi connectivity index (χ1n) is 5.40. The van der Waals surface area contributed by atoms with Crippen LogP contribution in [0.4, 0.5) is 10.5 Å². The fraction of sp³-hybridized carbons (Fsp3) is 0.455. The monoisotopic (exact) mass is 220 g/mol. The van der Waals surface area contributed by atoms with E-state index in [1.807, 2.05) is 6.07 Å². The molecule has 0 bridgehead atoms. The van der Waals surface area contributed by atoms with Gasteiger partial charge in [0.2, 0.25) is 0 Å². The lowest BCUT2D eigenvalue weighted by molar-refractivity contribution is 0.248. The quantitative estimate of drug-likeness (QED) is 0.778. The van der Waals surface area contributed by atoms with Gasteiger partial charge in [-0.25, -0.2) is 4.79 Å². The van der Waals surface area contributed by atoms with Gasteiger partial charge in [0.05, 0.1) is 11.9 Å². The number of amides is 2. The van der Waals surface area contributed by atoms with Crippen LogP contribution < -0.4 is 10.6 Å². The molecule has 2 heterocycles. The van der Waals surface area contributed by atoms with Gasteiger partial charge in [-0.1, -0.05) is 0 Å². The van der Waals surface area contributed by atoms with Crippen LogP contribution in [0.25, 0.3) is 0 Å². The summed E-state index contributed by atoms with van der Waals surface area (Å²) in [7, 11) is 2.06. The van der Waals surface area contributed by atoms with Crippen molar-refractivity contribution in [2.24, 2.45) is 0 Å². The number of anilines is 1. The van der Waals surface area contributed by atoms with Crippen molar-refractivity contribution in [3.8, 4) is 0 Å². The SMILES string of the molecule is CN1CCC(NC(=O)Nc2cccnc2)C1. The summed E-state index contributed by atoms with van der Waals surface area (Å²) in [5.74, 6) is 0. The number of rotatable bonds is 2. The molecule has 1 atom stereocenters. The van der Waals surface area contributed by atoms with Crippen LogP contribution in [0.1, 0.15) is 6.42 Å². The predicted molar refractivity (Wildman–Crippen MR) is 62.3 cm³/mol. The van der Waals surface area contributed by atoms with Crippen LogP contribution in [0, 0.1) is 0 Å². The van der Waals surface area contributed by atoms with Crippen molar-refractivity contribution in [2.45, 2.75) is 12.5 Å². The molecule has 1 aromatic rings. The number of nitrogens with zero attached hydrogens (tertiary/aromatic N) is 2. The summed E-state index contributed by atoms with van der Waals surface area (Å²) in [6, 6.07) is 3.70. The summed E-state index contributed by atoms with van der Waals surface area (Å²) in [5, 5.41) is 5.69. The van der Waals surface area contributed by atoms with Crippen LogP contribution in [-0.4, -0.2) is 42.1 Å². The van der Waals surface area contributed by atoms with E-state index in [4.69, 9.17) is 0 Å². The molecule has 0 aliphatic carbocycles. The first-order valence-corrected chi connectivity index (χ1v) is 5.40. The number of likely N-dealkylation sites (N-methyl/N-ethyl adjacent to an activating group) is 1. The van der Waals surface area contributed by atoms with E-state index >= 15 is 0 Å². The van der Waals surface area contributed by atoms with Crippen LogP contribution in [-0.2, 0) is 0 Å². The normalized spacial score (nSPS) is 20.7. The average Bonchev–Trinajstić information content (AvgIpc) is 2.65. The van der Waals surface area contributed by atoms with E-state index in [1.54, 1.807) is 18.5 Å². The largest absolute Gasteiger partial charge is 0.334 e. The summed E-state index contributed by atoms with van der Waals surface area (Å²) in [4.78, 5) is 17.7. The maximum absolute atomic E-state index is 11.6. The van der Waals surface area contributed by atoms with Gasteiger partial charge in [0, 0.05) is 18.8 Å². The van der Waals surface area contributed by atoms with Crippen molar-refractivity contribution in [2.75, 3.05) is 25.5 Å². The molecule has 2 amide bonds. The lowest BCUT2D eigenvalue weighted by atomic mass is 10.3. The first-order chi connectivity index (χ1) is 7.74. The van der Waals surface area contributed by atoms with Crippen molar-refractivity contribution in [3.05, 3.63) is 24.5 Å². The third-order valence-electron chi connectivity index (χ3n) is 2.65. The Morgan fingerprint density at radius 3 is 3.12 bits per heavy atom. The highest BCUT2D eigenvalue weighted by molar-refractivity contribution is 5.89. The van der Waals surface area contributed by atoms with Gasteiger partial charge in [0.1, 0.15) is 0 Å². The molecule has 0 spiro atoms. The van der Waals surface area contributed by atoms with Gasteiger partial charge in [-0.3, -0.25) is 4.98 Å². The Bertz CT molecular complexity index is 354. The number of pyridine rings is 1. The zero-order chi connectivity index (χ0) is 11.4. The Morgan fingerprint density at radius 2 is 2.50 bits per heavy atom. The highest BCUT2D eigenvalue weighted by Crippen LogP contribution is 2.07.